The van der Waals surface area contributed by atoms with Gasteiger partial charge in [-0.05, 0) is 18.9 Å². The molecule has 0 atom stereocenters. The first-order chi connectivity index (χ1) is 9.26. The minimum Gasteiger partial charge on any atom is -0.395 e. The van der Waals surface area contributed by atoms with Crippen LogP contribution in [0.2, 0.25) is 0 Å². The van der Waals surface area contributed by atoms with Crippen molar-refractivity contribution in [3.05, 3.63) is 12.2 Å². The van der Waals surface area contributed by atoms with Crippen LogP contribution >= 0.6 is 0 Å². The van der Waals surface area contributed by atoms with Crippen molar-refractivity contribution in [1.29, 1.82) is 0 Å². The summed E-state index contributed by atoms with van der Waals surface area (Å²) in [5.41, 5.74) is 0. The van der Waals surface area contributed by atoms with E-state index in [1.165, 1.54) is 37.0 Å². The molecule has 4 nitrogen and oxygen atoms in total. The lowest BCUT2D eigenvalue weighted by molar-refractivity contribution is -0.127. The highest BCUT2D eigenvalue weighted by Crippen LogP contribution is 2.07. The van der Waals surface area contributed by atoms with E-state index in [9.17, 15) is 4.79 Å². The van der Waals surface area contributed by atoms with E-state index in [2.05, 4.69) is 6.92 Å². The lowest BCUT2D eigenvalue weighted by Gasteiger charge is -2.18. The van der Waals surface area contributed by atoms with Crippen molar-refractivity contribution in [2.75, 3.05) is 26.3 Å². The van der Waals surface area contributed by atoms with Crippen molar-refractivity contribution in [3.63, 3.8) is 0 Å². The molecule has 0 rings (SSSR count). The van der Waals surface area contributed by atoms with Crippen LogP contribution in [0.4, 0.5) is 0 Å². The number of rotatable bonds is 12. The fourth-order valence-electron chi connectivity index (χ4n) is 1.91. The molecule has 0 fully saturated rings. The fourth-order valence-corrected chi connectivity index (χ4v) is 1.91. The second-order valence-electron chi connectivity index (χ2n) is 4.73. The average molecular weight is 271 g/mol. The number of amides is 1. The third-order valence-electron chi connectivity index (χ3n) is 3.04. The van der Waals surface area contributed by atoms with Gasteiger partial charge in [0.2, 0.25) is 5.91 Å². The Labute approximate surface area is 117 Å². The van der Waals surface area contributed by atoms with Gasteiger partial charge in [-0.15, -0.1) is 0 Å². The summed E-state index contributed by atoms with van der Waals surface area (Å²) in [6.45, 7) is 2.62. The van der Waals surface area contributed by atoms with Crippen LogP contribution in [-0.4, -0.2) is 47.3 Å². The molecule has 0 spiro atoms. The van der Waals surface area contributed by atoms with Gasteiger partial charge in [0.15, 0.2) is 0 Å². The van der Waals surface area contributed by atoms with Crippen LogP contribution in [0.1, 0.15) is 51.9 Å². The molecule has 0 aliphatic rings. The van der Waals surface area contributed by atoms with Gasteiger partial charge in [0.25, 0.3) is 0 Å². The van der Waals surface area contributed by atoms with Gasteiger partial charge >= 0.3 is 0 Å². The Bertz CT molecular complexity index is 236. The molecule has 0 saturated carbocycles. The summed E-state index contributed by atoms with van der Waals surface area (Å²) < 4.78 is 0. The standard InChI is InChI=1S/C15H29NO3/c1-2-3-4-5-6-7-8-9-10-15(19)16(11-13-17)12-14-18/h9-10,17-18H,2-8,11-14H2,1H3/b10-9+. The molecule has 0 aromatic rings. The Morgan fingerprint density at radius 1 is 1.00 bits per heavy atom. The maximum atomic E-state index is 11.7. The van der Waals surface area contributed by atoms with Gasteiger partial charge in [-0.2, -0.15) is 0 Å². The zero-order valence-electron chi connectivity index (χ0n) is 12.2. The van der Waals surface area contributed by atoms with Crippen molar-refractivity contribution in [2.45, 2.75) is 51.9 Å². The van der Waals surface area contributed by atoms with Gasteiger partial charge in [0.05, 0.1) is 13.2 Å². The number of hydrogen-bond acceptors (Lipinski definition) is 3. The lowest BCUT2D eigenvalue weighted by atomic mass is 10.1. The van der Waals surface area contributed by atoms with E-state index in [4.69, 9.17) is 10.2 Å². The normalized spacial score (nSPS) is 11.1. The Morgan fingerprint density at radius 3 is 2.16 bits per heavy atom. The van der Waals surface area contributed by atoms with Crippen LogP contribution in [-0.2, 0) is 4.79 Å². The van der Waals surface area contributed by atoms with Gasteiger partial charge in [-0.3, -0.25) is 4.79 Å². The van der Waals surface area contributed by atoms with Crippen molar-refractivity contribution >= 4 is 5.91 Å². The van der Waals surface area contributed by atoms with Crippen LogP contribution in [0.15, 0.2) is 12.2 Å². The molecule has 1 amide bonds. The smallest absolute Gasteiger partial charge is 0.246 e. The molecular weight excluding hydrogens is 242 g/mol. The number of aliphatic hydroxyl groups is 2. The van der Waals surface area contributed by atoms with Crippen molar-refractivity contribution in [3.8, 4) is 0 Å². The monoisotopic (exact) mass is 271 g/mol. The van der Waals surface area contributed by atoms with Crippen molar-refractivity contribution in [2.24, 2.45) is 0 Å². The van der Waals surface area contributed by atoms with E-state index >= 15 is 0 Å². The Kier molecular flexibility index (Phi) is 12.9. The predicted molar refractivity (Wildman–Crippen MR) is 77.9 cm³/mol. The molecule has 19 heavy (non-hydrogen) atoms. The Hall–Kier alpha value is -0.870. The zero-order valence-corrected chi connectivity index (χ0v) is 12.2. The largest absolute Gasteiger partial charge is 0.395 e. The van der Waals surface area contributed by atoms with Gasteiger partial charge < -0.3 is 15.1 Å². The van der Waals surface area contributed by atoms with E-state index in [0.717, 1.165) is 12.8 Å². The minimum absolute atomic E-state index is 0.0724. The summed E-state index contributed by atoms with van der Waals surface area (Å²) in [5, 5.41) is 17.6. The second kappa shape index (κ2) is 13.6. The Morgan fingerprint density at radius 2 is 1.58 bits per heavy atom. The Balaban J connectivity index is 3.69. The first-order valence-corrected chi connectivity index (χ1v) is 7.43. The van der Waals surface area contributed by atoms with Gasteiger partial charge in [-0.25, -0.2) is 0 Å². The van der Waals surface area contributed by atoms with E-state index in [0.29, 0.717) is 0 Å². The number of unbranched alkanes of at least 4 members (excludes halogenated alkanes) is 6. The van der Waals surface area contributed by atoms with E-state index in [1.54, 1.807) is 6.08 Å². The predicted octanol–water partition coefficient (Wildman–Crippen LogP) is 2.11. The highest BCUT2D eigenvalue weighted by molar-refractivity contribution is 5.87. The summed E-state index contributed by atoms with van der Waals surface area (Å²) in [6.07, 6.45) is 11.9. The van der Waals surface area contributed by atoms with E-state index < -0.39 is 0 Å². The topological polar surface area (TPSA) is 60.8 Å². The quantitative estimate of drug-likeness (QED) is 0.422. The second-order valence-corrected chi connectivity index (χ2v) is 4.73. The van der Waals surface area contributed by atoms with Gasteiger partial charge in [0, 0.05) is 13.1 Å². The number of hydrogen-bond donors (Lipinski definition) is 2. The molecule has 4 heteroatoms. The molecule has 0 aromatic heterocycles. The van der Waals surface area contributed by atoms with E-state index in [-0.39, 0.29) is 32.2 Å². The molecule has 0 radical (unpaired) electrons. The highest BCUT2D eigenvalue weighted by Gasteiger charge is 2.08. The zero-order chi connectivity index (χ0) is 14.3. The van der Waals surface area contributed by atoms with Crippen LogP contribution in [0.25, 0.3) is 0 Å². The lowest BCUT2D eigenvalue weighted by Crippen LogP contribution is -2.34. The summed E-state index contributed by atoms with van der Waals surface area (Å²) in [7, 11) is 0. The molecule has 0 unspecified atom stereocenters. The molecule has 0 aliphatic heterocycles. The van der Waals surface area contributed by atoms with Crippen LogP contribution in [0.3, 0.4) is 0 Å². The molecule has 0 saturated heterocycles. The number of aliphatic hydroxyl groups excluding tert-OH is 2. The molecule has 0 aromatic carbocycles. The van der Waals surface area contributed by atoms with E-state index in [1.807, 2.05) is 6.08 Å². The maximum Gasteiger partial charge on any atom is 0.246 e. The summed E-state index contributed by atoms with van der Waals surface area (Å²) in [5.74, 6) is -0.130. The molecule has 112 valence electrons. The first-order valence-electron chi connectivity index (χ1n) is 7.43. The molecule has 0 heterocycles. The third-order valence-corrected chi connectivity index (χ3v) is 3.04. The summed E-state index contributed by atoms with van der Waals surface area (Å²) in [4.78, 5) is 13.2. The van der Waals surface area contributed by atoms with Crippen LogP contribution < -0.4 is 0 Å². The molecule has 0 aliphatic carbocycles. The summed E-state index contributed by atoms with van der Waals surface area (Å²) >= 11 is 0. The maximum absolute atomic E-state index is 11.7. The fraction of sp³-hybridized carbons (Fsp3) is 0.800. The SMILES string of the molecule is CCCCCCCC/C=C/C(=O)N(CCO)CCO. The van der Waals surface area contributed by atoms with Crippen molar-refractivity contribution in [1.82, 2.24) is 4.90 Å². The third kappa shape index (κ3) is 10.7. The number of nitrogens with zero attached hydrogens (tertiary/aromatic N) is 1. The average Bonchev–Trinajstić information content (AvgIpc) is 2.41. The minimum atomic E-state index is -0.130. The van der Waals surface area contributed by atoms with Gasteiger partial charge in [-0.1, -0.05) is 45.1 Å². The number of carbonyl (C=O) groups excluding carboxylic acids is 1. The van der Waals surface area contributed by atoms with Gasteiger partial charge in [0.1, 0.15) is 0 Å². The first kappa shape index (κ1) is 18.1. The molecule has 0 bridgehead atoms. The van der Waals surface area contributed by atoms with Crippen LogP contribution in [0, 0.1) is 0 Å². The number of carbonyl (C=O) groups is 1. The molecule has 2 N–H and O–H groups in total. The number of allylic oxidation sites excluding steroid dienone is 1. The summed E-state index contributed by atoms with van der Waals surface area (Å²) in [6, 6.07) is 0. The highest BCUT2D eigenvalue weighted by atomic mass is 16.3. The van der Waals surface area contributed by atoms with Crippen molar-refractivity contribution < 1.29 is 15.0 Å². The molecular formula is C15H29NO3. The van der Waals surface area contributed by atoms with Crippen LogP contribution in [0.5, 0.6) is 0 Å².